The summed E-state index contributed by atoms with van der Waals surface area (Å²) in [7, 11) is 0. The van der Waals surface area contributed by atoms with E-state index in [2.05, 4.69) is 15.4 Å². The Morgan fingerprint density at radius 3 is 2.61 bits per heavy atom. The van der Waals surface area contributed by atoms with Crippen molar-refractivity contribution in [2.75, 3.05) is 0 Å². The van der Waals surface area contributed by atoms with Crippen LogP contribution in [-0.2, 0) is 6.54 Å². The molecule has 0 aliphatic rings. The molecule has 4 aromatic rings. The smallest absolute Gasteiger partial charge is 0.253 e. The molecule has 1 amide bonds. The molecule has 3 heterocycles. The Morgan fingerprint density at radius 1 is 1.11 bits per heavy atom. The van der Waals surface area contributed by atoms with E-state index in [-0.39, 0.29) is 11.9 Å². The lowest BCUT2D eigenvalue weighted by molar-refractivity contribution is 0.0935. The first-order valence-corrected chi connectivity index (χ1v) is 9.36. The van der Waals surface area contributed by atoms with Gasteiger partial charge in [-0.3, -0.25) is 9.48 Å². The summed E-state index contributed by atoms with van der Waals surface area (Å²) in [5.74, 6) is -0.106. The van der Waals surface area contributed by atoms with Gasteiger partial charge in [-0.2, -0.15) is 5.10 Å². The van der Waals surface area contributed by atoms with Crippen molar-refractivity contribution in [1.29, 1.82) is 0 Å². The number of nitrogens with one attached hydrogen (secondary N) is 1. The SMILES string of the molecule is Cc1cc(C)n(C[C@@H](C)NC(=O)c2ccc3nc(-c4ccccc4)cn3c2)n1. The summed E-state index contributed by atoms with van der Waals surface area (Å²) in [6.07, 6.45) is 3.76. The van der Waals surface area contributed by atoms with Crippen LogP contribution < -0.4 is 5.32 Å². The molecule has 0 saturated heterocycles. The second-order valence-corrected chi connectivity index (χ2v) is 7.16. The summed E-state index contributed by atoms with van der Waals surface area (Å²) in [4.78, 5) is 17.3. The van der Waals surface area contributed by atoms with Crippen molar-refractivity contribution in [1.82, 2.24) is 24.5 Å². The van der Waals surface area contributed by atoms with Crippen LogP contribution in [0.5, 0.6) is 0 Å². The van der Waals surface area contributed by atoms with Crippen LogP contribution >= 0.6 is 0 Å². The van der Waals surface area contributed by atoms with Gasteiger partial charge in [0.15, 0.2) is 0 Å². The van der Waals surface area contributed by atoms with Crippen molar-refractivity contribution >= 4 is 11.6 Å². The highest BCUT2D eigenvalue weighted by Crippen LogP contribution is 2.19. The minimum Gasteiger partial charge on any atom is -0.348 e. The number of hydrogen-bond donors (Lipinski definition) is 1. The van der Waals surface area contributed by atoms with Gasteiger partial charge >= 0.3 is 0 Å². The molecule has 0 spiro atoms. The first kappa shape index (κ1) is 18.0. The molecular weight excluding hydrogens is 350 g/mol. The van der Waals surface area contributed by atoms with Crippen molar-refractivity contribution in [3.8, 4) is 11.3 Å². The van der Waals surface area contributed by atoms with E-state index in [0.29, 0.717) is 12.1 Å². The second-order valence-electron chi connectivity index (χ2n) is 7.16. The molecule has 28 heavy (non-hydrogen) atoms. The minimum absolute atomic E-state index is 0.0381. The number of fused-ring (bicyclic) bond motifs is 1. The quantitative estimate of drug-likeness (QED) is 0.581. The Bertz CT molecular complexity index is 1130. The van der Waals surface area contributed by atoms with Gasteiger partial charge in [0.2, 0.25) is 0 Å². The molecule has 1 aromatic carbocycles. The first-order chi connectivity index (χ1) is 13.5. The molecule has 0 saturated carbocycles. The number of benzene rings is 1. The first-order valence-electron chi connectivity index (χ1n) is 9.36. The fourth-order valence-electron chi connectivity index (χ4n) is 3.35. The Hall–Kier alpha value is -3.41. The van der Waals surface area contributed by atoms with Crippen LogP contribution in [0.4, 0.5) is 0 Å². The van der Waals surface area contributed by atoms with Gasteiger partial charge in [-0.25, -0.2) is 4.98 Å². The van der Waals surface area contributed by atoms with E-state index < -0.39 is 0 Å². The van der Waals surface area contributed by atoms with Crippen LogP contribution in [0, 0.1) is 13.8 Å². The summed E-state index contributed by atoms with van der Waals surface area (Å²) in [6.45, 7) is 6.61. The highest BCUT2D eigenvalue weighted by molar-refractivity contribution is 5.94. The molecule has 0 unspecified atom stereocenters. The molecule has 0 bridgehead atoms. The number of aromatic nitrogens is 4. The molecule has 6 nitrogen and oxygen atoms in total. The molecule has 1 N–H and O–H groups in total. The Kier molecular flexibility index (Phi) is 4.69. The molecule has 0 aliphatic carbocycles. The number of carbonyl (C=O) groups excluding carboxylic acids is 1. The topological polar surface area (TPSA) is 64.2 Å². The fraction of sp³-hybridized carbons (Fsp3) is 0.227. The van der Waals surface area contributed by atoms with Crippen LogP contribution in [0.15, 0.2) is 60.9 Å². The van der Waals surface area contributed by atoms with E-state index in [9.17, 15) is 4.79 Å². The number of amides is 1. The van der Waals surface area contributed by atoms with Crippen LogP contribution in [0.3, 0.4) is 0 Å². The number of carbonyl (C=O) groups is 1. The van der Waals surface area contributed by atoms with E-state index in [0.717, 1.165) is 28.3 Å². The zero-order valence-corrected chi connectivity index (χ0v) is 16.3. The van der Waals surface area contributed by atoms with Crippen LogP contribution in [-0.4, -0.2) is 31.1 Å². The number of imidazole rings is 1. The van der Waals surface area contributed by atoms with Crippen LogP contribution in [0.25, 0.3) is 16.9 Å². The van der Waals surface area contributed by atoms with Gasteiger partial charge in [0.1, 0.15) is 5.65 Å². The van der Waals surface area contributed by atoms with Crippen molar-refractivity contribution < 1.29 is 4.79 Å². The molecular formula is C22H23N5O. The van der Waals surface area contributed by atoms with Crippen LogP contribution in [0.1, 0.15) is 28.7 Å². The third-order valence-electron chi connectivity index (χ3n) is 4.71. The molecule has 0 aliphatic heterocycles. The van der Waals surface area contributed by atoms with E-state index in [1.807, 2.05) is 90.8 Å². The minimum atomic E-state index is -0.106. The lowest BCUT2D eigenvalue weighted by atomic mass is 10.2. The maximum Gasteiger partial charge on any atom is 0.253 e. The highest BCUT2D eigenvalue weighted by atomic mass is 16.1. The van der Waals surface area contributed by atoms with Crippen molar-refractivity contribution in [3.63, 3.8) is 0 Å². The number of aryl methyl sites for hydroxylation is 2. The number of pyridine rings is 1. The molecule has 3 aromatic heterocycles. The van der Waals surface area contributed by atoms with E-state index in [1.54, 1.807) is 0 Å². The van der Waals surface area contributed by atoms with Crippen molar-refractivity contribution in [2.45, 2.75) is 33.4 Å². The lowest BCUT2D eigenvalue weighted by Gasteiger charge is -2.15. The Balaban J connectivity index is 1.50. The molecule has 4 rings (SSSR count). The number of rotatable bonds is 5. The standard InChI is InChI=1S/C22H23N5O/c1-15-11-17(3)27(25-15)12-16(2)23-22(28)19-9-10-21-24-20(14-26(21)13-19)18-7-5-4-6-8-18/h4-11,13-14,16H,12H2,1-3H3,(H,23,28)/t16-/m1/s1. The molecule has 0 radical (unpaired) electrons. The highest BCUT2D eigenvalue weighted by Gasteiger charge is 2.13. The normalized spacial score (nSPS) is 12.2. The van der Waals surface area contributed by atoms with E-state index in [4.69, 9.17) is 0 Å². The monoisotopic (exact) mass is 373 g/mol. The lowest BCUT2D eigenvalue weighted by Crippen LogP contribution is -2.36. The summed E-state index contributed by atoms with van der Waals surface area (Å²) >= 11 is 0. The third-order valence-corrected chi connectivity index (χ3v) is 4.71. The van der Waals surface area contributed by atoms with Crippen molar-refractivity contribution in [2.24, 2.45) is 0 Å². The van der Waals surface area contributed by atoms with E-state index >= 15 is 0 Å². The Labute approximate surface area is 163 Å². The second kappa shape index (κ2) is 7.31. The number of nitrogens with zero attached hydrogens (tertiary/aromatic N) is 4. The third kappa shape index (κ3) is 3.67. The van der Waals surface area contributed by atoms with Crippen molar-refractivity contribution in [3.05, 3.63) is 77.9 Å². The van der Waals surface area contributed by atoms with Crippen LogP contribution in [0.2, 0.25) is 0 Å². The molecule has 0 fully saturated rings. The zero-order valence-electron chi connectivity index (χ0n) is 16.3. The predicted molar refractivity (Wildman–Crippen MR) is 109 cm³/mol. The average Bonchev–Trinajstić information content (AvgIpc) is 3.24. The zero-order chi connectivity index (χ0) is 19.7. The fourth-order valence-corrected chi connectivity index (χ4v) is 3.35. The van der Waals surface area contributed by atoms with Gasteiger partial charge < -0.3 is 9.72 Å². The molecule has 142 valence electrons. The average molecular weight is 373 g/mol. The maximum absolute atomic E-state index is 12.7. The van der Waals surface area contributed by atoms with Gasteiger partial charge in [-0.15, -0.1) is 0 Å². The van der Waals surface area contributed by atoms with Gasteiger partial charge in [0.25, 0.3) is 5.91 Å². The van der Waals surface area contributed by atoms with Gasteiger partial charge in [0, 0.05) is 29.7 Å². The predicted octanol–water partition coefficient (Wildman–Crippen LogP) is 3.63. The summed E-state index contributed by atoms with van der Waals surface area (Å²) < 4.78 is 3.81. The molecule has 1 atom stereocenters. The summed E-state index contributed by atoms with van der Waals surface area (Å²) in [6, 6.07) is 15.7. The van der Waals surface area contributed by atoms with Gasteiger partial charge in [-0.1, -0.05) is 30.3 Å². The summed E-state index contributed by atoms with van der Waals surface area (Å²) in [5.41, 5.74) is 5.42. The molecule has 6 heteroatoms. The number of hydrogen-bond acceptors (Lipinski definition) is 3. The largest absolute Gasteiger partial charge is 0.348 e. The van der Waals surface area contributed by atoms with Gasteiger partial charge in [-0.05, 0) is 39.0 Å². The Morgan fingerprint density at radius 2 is 1.89 bits per heavy atom. The van der Waals surface area contributed by atoms with E-state index in [1.165, 1.54) is 0 Å². The summed E-state index contributed by atoms with van der Waals surface area (Å²) in [5, 5.41) is 7.51. The maximum atomic E-state index is 12.7. The van der Waals surface area contributed by atoms with Gasteiger partial charge in [0.05, 0.1) is 23.5 Å².